The van der Waals surface area contributed by atoms with Gasteiger partial charge in [-0.1, -0.05) is 157 Å². The smallest absolute Gasteiger partial charge is 0.268 e. The minimum atomic E-state index is -4.59. The number of nitrogens with one attached hydrogen (secondary N) is 1. The van der Waals surface area contributed by atoms with Crippen molar-refractivity contribution in [1.82, 2.24) is 5.32 Å². The van der Waals surface area contributed by atoms with Gasteiger partial charge in [-0.25, -0.2) is 0 Å². The predicted molar refractivity (Wildman–Crippen MR) is 228 cm³/mol. The molecule has 0 rings (SSSR count). The van der Waals surface area contributed by atoms with E-state index in [1.807, 2.05) is 27.2 Å². The standard InChI is InChI=1S/C45H81N2O6P/c1-6-8-10-12-14-15-16-17-18-19-20-21-22-23-24-25-26-27-28-29-30-31-33-35-37-39-45(49)46-43(44(48)38-36-34-32-13-11-9-7-2)42-53-54(50,51)52-41-40-47(3,4)5/h8,10-11,13-15,17-18,20-21,36,38,43-44,48H,6-7,9,12,16,19,22-35,37,39-42H2,1-5H3,(H-,46,49,50,51)/b10-8-,13-11+,15-14-,18-17-,21-20-,38-36+. The fraction of sp³-hybridized carbons (Fsp3) is 0.711. The van der Waals surface area contributed by atoms with Gasteiger partial charge in [0.2, 0.25) is 5.91 Å². The highest BCUT2D eigenvalue weighted by molar-refractivity contribution is 7.45. The fourth-order valence-electron chi connectivity index (χ4n) is 5.52. The Bertz CT molecular complexity index is 1110. The number of nitrogens with zero attached hydrogens (tertiary/aromatic N) is 1. The lowest BCUT2D eigenvalue weighted by molar-refractivity contribution is -0.870. The fourth-order valence-corrected chi connectivity index (χ4v) is 6.24. The molecule has 312 valence electrons. The molecule has 0 aliphatic rings. The SMILES string of the molecule is CC/C=C\C/C=C\C/C=C\C/C=C\CCCCCCCCCCCCCCC(=O)NC(COP(=O)([O-])OCC[N+](C)(C)C)C(O)/C=C/CC/C=C/CCC. The van der Waals surface area contributed by atoms with Crippen LogP contribution in [0.1, 0.15) is 155 Å². The Labute approximate surface area is 332 Å². The Balaban J connectivity index is 4.16. The molecule has 0 saturated carbocycles. The topological polar surface area (TPSA) is 108 Å². The van der Waals surface area contributed by atoms with E-state index < -0.39 is 26.6 Å². The number of carbonyl (C=O) groups is 1. The van der Waals surface area contributed by atoms with Crippen LogP contribution in [-0.4, -0.2) is 68.5 Å². The van der Waals surface area contributed by atoms with E-state index in [-0.39, 0.29) is 12.5 Å². The van der Waals surface area contributed by atoms with Crippen LogP contribution in [0.15, 0.2) is 72.9 Å². The first-order valence-electron chi connectivity index (χ1n) is 21.3. The molecule has 0 aliphatic carbocycles. The lowest BCUT2D eigenvalue weighted by atomic mass is 10.0. The van der Waals surface area contributed by atoms with Gasteiger partial charge in [-0.15, -0.1) is 0 Å². The largest absolute Gasteiger partial charge is 0.756 e. The first kappa shape index (κ1) is 51.9. The van der Waals surface area contributed by atoms with Gasteiger partial charge in [0.1, 0.15) is 13.2 Å². The number of quaternary nitrogens is 1. The first-order chi connectivity index (χ1) is 26.0. The van der Waals surface area contributed by atoms with Gasteiger partial charge in [-0.05, 0) is 64.2 Å². The van der Waals surface area contributed by atoms with Crippen LogP contribution < -0.4 is 10.2 Å². The van der Waals surface area contributed by atoms with E-state index in [4.69, 9.17) is 9.05 Å². The minimum Gasteiger partial charge on any atom is -0.756 e. The summed E-state index contributed by atoms with van der Waals surface area (Å²) >= 11 is 0. The summed E-state index contributed by atoms with van der Waals surface area (Å²) in [7, 11) is 1.23. The zero-order chi connectivity index (χ0) is 40.0. The lowest BCUT2D eigenvalue weighted by Crippen LogP contribution is -2.45. The number of carbonyl (C=O) groups excluding carboxylic acids is 1. The maximum absolute atomic E-state index is 12.8. The van der Waals surface area contributed by atoms with Crippen molar-refractivity contribution in [2.24, 2.45) is 0 Å². The van der Waals surface area contributed by atoms with Crippen molar-refractivity contribution >= 4 is 13.7 Å². The second-order valence-electron chi connectivity index (χ2n) is 15.3. The van der Waals surface area contributed by atoms with Crippen molar-refractivity contribution in [2.75, 3.05) is 40.9 Å². The number of phosphoric ester groups is 1. The quantitative estimate of drug-likeness (QED) is 0.0281. The van der Waals surface area contributed by atoms with Crippen LogP contribution in [0.4, 0.5) is 0 Å². The summed E-state index contributed by atoms with van der Waals surface area (Å²) in [6, 6.07) is -0.904. The molecule has 0 saturated heterocycles. The Kier molecular flexibility index (Phi) is 35.2. The average Bonchev–Trinajstić information content (AvgIpc) is 3.12. The molecule has 0 aromatic heterocycles. The second-order valence-corrected chi connectivity index (χ2v) is 16.7. The van der Waals surface area contributed by atoms with E-state index in [1.54, 1.807) is 6.08 Å². The van der Waals surface area contributed by atoms with E-state index >= 15 is 0 Å². The molecule has 0 bridgehead atoms. The van der Waals surface area contributed by atoms with Crippen molar-refractivity contribution in [3.8, 4) is 0 Å². The summed E-state index contributed by atoms with van der Waals surface area (Å²) in [6.07, 6.45) is 48.4. The van der Waals surface area contributed by atoms with E-state index in [0.29, 0.717) is 17.4 Å². The van der Waals surface area contributed by atoms with Crippen molar-refractivity contribution in [2.45, 2.75) is 167 Å². The van der Waals surface area contributed by atoms with Gasteiger partial charge >= 0.3 is 0 Å². The Hall–Kier alpha value is -2.06. The number of aliphatic hydroxyl groups excluding tert-OH is 1. The molecule has 0 heterocycles. The molecule has 0 aromatic rings. The lowest BCUT2D eigenvalue weighted by Gasteiger charge is -2.29. The van der Waals surface area contributed by atoms with Gasteiger partial charge < -0.3 is 28.8 Å². The monoisotopic (exact) mass is 777 g/mol. The van der Waals surface area contributed by atoms with Gasteiger partial charge in [0.15, 0.2) is 0 Å². The molecule has 9 heteroatoms. The molecule has 8 nitrogen and oxygen atoms in total. The van der Waals surface area contributed by atoms with E-state index in [1.165, 1.54) is 64.2 Å². The predicted octanol–water partition coefficient (Wildman–Crippen LogP) is 11.0. The maximum Gasteiger partial charge on any atom is 0.268 e. The highest BCUT2D eigenvalue weighted by atomic mass is 31.2. The first-order valence-corrected chi connectivity index (χ1v) is 22.8. The van der Waals surface area contributed by atoms with Gasteiger partial charge in [0.25, 0.3) is 7.82 Å². The minimum absolute atomic E-state index is 0.0104. The third-order valence-corrected chi connectivity index (χ3v) is 9.85. The van der Waals surface area contributed by atoms with Crippen molar-refractivity contribution in [1.29, 1.82) is 0 Å². The zero-order valence-corrected chi connectivity index (χ0v) is 36.0. The maximum atomic E-state index is 12.8. The van der Waals surface area contributed by atoms with Crippen LogP contribution in [0.5, 0.6) is 0 Å². The number of unbranched alkanes of at least 4 members (excludes halogenated alkanes) is 14. The Morgan fingerprint density at radius 3 is 1.70 bits per heavy atom. The summed E-state index contributed by atoms with van der Waals surface area (Å²) in [5.41, 5.74) is 0. The number of rotatable bonds is 37. The average molecular weight is 777 g/mol. The highest BCUT2D eigenvalue weighted by Crippen LogP contribution is 2.38. The van der Waals surface area contributed by atoms with Gasteiger partial charge in [-0.3, -0.25) is 9.36 Å². The Morgan fingerprint density at radius 1 is 0.667 bits per heavy atom. The van der Waals surface area contributed by atoms with Crippen molar-refractivity contribution in [3.63, 3.8) is 0 Å². The molecule has 0 aliphatic heterocycles. The van der Waals surface area contributed by atoms with E-state index in [9.17, 15) is 19.4 Å². The number of hydrogen-bond donors (Lipinski definition) is 2. The molecule has 1 amide bonds. The van der Waals surface area contributed by atoms with E-state index in [2.05, 4.69) is 79.9 Å². The molecule has 2 N–H and O–H groups in total. The van der Waals surface area contributed by atoms with E-state index in [0.717, 1.165) is 70.6 Å². The molecule has 0 spiro atoms. The van der Waals surface area contributed by atoms with Crippen molar-refractivity contribution < 1.29 is 32.9 Å². The molecular formula is C45H81N2O6P. The van der Waals surface area contributed by atoms with Gasteiger partial charge in [-0.2, -0.15) is 0 Å². The molecule has 0 aromatic carbocycles. The van der Waals surface area contributed by atoms with Crippen LogP contribution >= 0.6 is 7.82 Å². The summed E-state index contributed by atoms with van der Waals surface area (Å²) in [4.78, 5) is 25.1. The number of aliphatic hydroxyl groups is 1. The Morgan fingerprint density at radius 2 is 1.15 bits per heavy atom. The molecule has 0 radical (unpaired) electrons. The normalized spacial score (nSPS) is 15.2. The summed E-state index contributed by atoms with van der Waals surface area (Å²) in [5.74, 6) is -0.219. The van der Waals surface area contributed by atoms with Gasteiger partial charge in [0, 0.05) is 6.42 Å². The third kappa shape index (κ3) is 38.2. The summed E-state index contributed by atoms with van der Waals surface area (Å²) in [5, 5.41) is 13.6. The number of phosphoric acid groups is 1. The van der Waals surface area contributed by atoms with Crippen molar-refractivity contribution in [3.05, 3.63) is 72.9 Å². The second kappa shape index (κ2) is 36.6. The molecule has 54 heavy (non-hydrogen) atoms. The molecule has 3 unspecified atom stereocenters. The number of allylic oxidation sites excluding steroid dienone is 11. The molecule has 3 atom stereocenters. The van der Waals surface area contributed by atoms with Crippen LogP contribution in [0.2, 0.25) is 0 Å². The third-order valence-electron chi connectivity index (χ3n) is 8.88. The number of likely N-dealkylation sites (N-methyl/N-ethyl adjacent to an activating group) is 1. The summed E-state index contributed by atoms with van der Waals surface area (Å²) < 4.78 is 23.0. The number of amides is 1. The van der Waals surface area contributed by atoms with Crippen LogP contribution in [0, 0.1) is 0 Å². The van der Waals surface area contributed by atoms with Crippen LogP contribution in [0.25, 0.3) is 0 Å². The van der Waals surface area contributed by atoms with Crippen LogP contribution in [-0.2, 0) is 18.4 Å². The number of hydrogen-bond acceptors (Lipinski definition) is 6. The zero-order valence-electron chi connectivity index (χ0n) is 35.1. The van der Waals surface area contributed by atoms with Crippen LogP contribution in [0.3, 0.4) is 0 Å². The highest BCUT2D eigenvalue weighted by Gasteiger charge is 2.23. The molecular weight excluding hydrogens is 695 g/mol. The van der Waals surface area contributed by atoms with Gasteiger partial charge in [0.05, 0.1) is 39.9 Å². The summed E-state index contributed by atoms with van der Waals surface area (Å²) in [6.45, 7) is 4.37. The molecule has 0 fully saturated rings.